The van der Waals surface area contributed by atoms with Gasteiger partial charge in [-0.1, -0.05) is 17.3 Å². The molecule has 0 atom stereocenters. The highest BCUT2D eigenvalue weighted by Gasteiger charge is 2.36. The number of nitrogens with one attached hydrogen (secondary N) is 1. The Morgan fingerprint density at radius 3 is 2.71 bits per heavy atom. The van der Waals surface area contributed by atoms with Crippen molar-refractivity contribution in [2.24, 2.45) is 0 Å². The monoisotopic (exact) mass is 435 g/mol. The first kappa shape index (κ1) is 20.6. The summed E-state index contributed by atoms with van der Waals surface area (Å²) in [5, 5.41) is 3.75. The molecule has 0 bridgehead atoms. The van der Waals surface area contributed by atoms with Crippen LogP contribution in [0.25, 0.3) is 11.4 Å². The average molecular weight is 435 g/mol. The molecule has 0 aliphatic carbocycles. The average Bonchev–Trinajstić information content (AvgIpc) is 3.15. The van der Waals surface area contributed by atoms with E-state index in [1.165, 1.54) is 29.0 Å². The Bertz CT molecular complexity index is 1220. The molecule has 3 heterocycles. The molecule has 1 N–H and O–H groups in total. The van der Waals surface area contributed by atoms with Gasteiger partial charge in [-0.05, 0) is 12.1 Å². The van der Waals surface area contributed by atoms with E-state index in [9.17, 15) is 27.6 Å². The second kappa shape index (κ2) is 7.85. The summed E-state index contributed by atoms with van der Waals surface area (Å²) in [6.45, 7) is 0.767. The van der Waals surface area contributed by atoms with Crippen molar-refractivity contribution in [2.45, 2.75) is 25.1 Å². The first-order valence-corrected chi connectivity index (χ1v) is 9.29. The van der Waals surface area contributed by atoms with Crippen molar-refractivity contribution in [2.75, 3.05) is 13.1 Å². The van der Waals surface area contributed by atoms with E-state index < -0.39 is 23.0 Å². The summed E-state index contributed by atoms with van der Waals surface area (Å²) in [5.74, 6) is -0.115. The van der Waals surface area contributed by atoms with Crippen LogP contribution < -0.4 is 11.2 Å². The summed E-state index contributed by atoms with van der Waals surface area (Å²) in [6, 6.07) is 5.83. The second-order valence-corrected chi connectivity index (χ2v) is 7.08. The molecule has 0 saturated carbocycles. The fraction of sp³-hybridized carbons (Fsp3) is 0.316. The second-order valence-electron chi connectivity index (χ2n) is 7.08. The van der Waals surface area contributed by atoms with Gasteiger partial charge >= 0.3 is 11.9 Å². The van der Waals surface area contributed by atoms with Crippen molar-refractivity contribution < 1.29 is 22.5 Å². The number of alkyl halides is 3. The van der Waals surface area contributed by atoms with Gasteiger partial charge in [0.15, 0.2) is 0 Å². The summed E-state index contributed by atoms with van der Waals surface area (Å²) in [5.41, 5.74) is -1.72. The third-order valence-electron chi connectivity index (χ3n) is 4.94. The van der Waals surface area contributed by atoms with E-state index in [0.717, 1.165) is 12.1 Å². The molecule has 1 aromatic carbocycles. The first-order chi connectivity index (χ1) is 14.7. The topological polar surface area (TPSA) is 114 Å². The number of aromatic amines is 1. The fourth-order valence-corrected chi connectivity index (χ4v) is 3.19. The van der Waals surface area contributed by atoms with E-state index in [1.807, 2.05) is 0 Å². The van der Waals surface area contributed by atoms with E-state index in [0.29, 0.717) is 13.1 Å². The van der Waals surface area contributed by atoms with Gasteiger partial charge in [-0.15, -0.1) is 0 Å². The Labute approximate surface area is 172 Å². The Morgan fingerprint density at radius 1 is 1.23 bits per heavy atom. The third kappa shape index (κ3) is 4.42. The van der Waals surface area contributed by atoms with Crippen molar-refractivity contribution in [3.63, 3.8) is 0 Å². The summed E-state index contributed by atoms with van der Waals surface area (Å²) in [6.07, 6.45) is -3.09. The smallest absolute Gasteiger partial charge is 0.341 e. The lowest BCUT2D eigenvalue weighted by Crippen LogP contribution is -2.49. The predicted octanol–water partition coefficient (Wildman–Crippen LogP) is 1.62. The van der Waals surface area contributed by atoms with E-state index >= 15 is 0 Å². The van der Waals surface area contributed by atoms with Crippen molar-refractivity contribution in [3.8, 4) is 11.4 Å². The maximum Gasteiger partial charge on any atom is 0.416 e. The van der Waals surface area contributed by atoms with Gasteiger partial charge in [-0.3, -0.25) is 14.6 Å². The lowest BCUT2D eigenvalue weighted by Gasteiger charge is -2.37. The molecule has 1 aliphatic rings. The molecule has 3 aromatic rings. The molecular formula is C19H16F3N5O4. The number of H-pyrrole nitrogens is 1. The number of amides is 1. The SMILES string of the molecule is O=C(CCn1ccc(=O)[nH]c1=O)N1CC(c2nc(-c3cccc(C(F)(F)F)c3)no2)C1. The van der Waals surface area contributed by atoms with Gasteiger partial charge in [0.25, 0.3) is 5.56 Å². The Kier molecular flexibility index (Phi) is 5.21. The third-order valence-corrected chi connectivity index (χ3v) is 4.94. The molecule has 12 heteroatoms. The number of carbonyl (C=O) groups excluding carboxylic acids is 1. The molecular weight excluding hydrogens is 419 g/mol. The van der Waals surface area contributed by atoms with Crippen LogP contribution in [0.2, 0.25) is 0 Å². The van der Waals surface area contributed by atoms with Crippen molar-refractivity contribution >= 4 is 5.91 Å². The van der Waals surface area contributed by atoms with Crippen LogP contribution >= 0.6 is 0 Å². The van der Waals surface area contributed by atoms with E-state index in [-0.39, 0.29) is 42.1 Å². The molecule has 162 valence electrons. The van der Waals surface area contributed by atoms with Crippen molar-refractivity contribution in [1.29, 1.82) is 0 Å². The highest BCUT2D eigenvalue weighted by Crippen LogP contribution is 2.32. The molecule has 0 spiro atoms. The van der Waals surface area contributed by atoms with Gasteiger partial charge in [-0.25, -0.2) is 4.79 Å². The molecule has 9 nitrogen and oxygen atoms in total. The lowest BCUT2D eigenvalue weighted by atomic mass is 9.99. The molecule has 0 radical (unpaired) electrons. The van der Waals surface area contributed by atoms with Gasteiger partial charge in [0.05, 0.1) is 11.5 Å². The van der Waals surface area contributed by atoms with Crippen LogP contribution in [0.4, 0.5) is 13.2 Å². The number of benzene rings is 1. The number of hydrogen-bond donors (Lipinski definition) is 1. The summed E-state index contributed by atoms with van der Waals surface area (Å²) in [7, 11) is 0. The van der Waals surface area contributed by atoms with Gasteiger partial charge in [0.2, 0.25) is 17.6 Å². The van der Waals surface area contributed by atoms with Gasteiger partial charge in [0.1, 0.15) is 0 Å². The van der Waals surface area contributed by atoms with Gasteiger partial charge < -0.3 is 14.0 Å². The van der Waals surface area contributed by atoms with Crippen molar-refractivity contribution in [3.05, 3.63) is 68.8 Å². The minimum Gasteiger partial charge on any atom is -0.341 e. The molecule has 2 aromatic heterocycles. The Balaban J connectivity index is 1.34. The summed E-state index contributed by atoms with van der Waals surface area (Å²) in [4.78, 5) is 42.8. The largest absolute Gasteiger partial charge is 0.416 e. The molecule has 31 heavy (non-hydrogen) atoms. The van der Waals surface area contributed by atoms with Crippen LogP contribution in [-0.4, -0.2) is 43.6 Å². The molecule has 1 aliphatic heterocycles. The highest BCUT2D eigenvalue weighted by molar-refractivity contribution is 5.77. The summed E-state index contributed by atoms with van der Waals surface area (Å²) < 4.78 is 45.0. The molecule has 0 unspecified atom stereocenters. The quantitative estimate of drug-likeness (QED) is 0.652. The zero-order chi connectivity index (χ0) is 22.2. The number of nitrogens with zero attached hydrogens (tertiary/aromatic N) is 4. The fourth-order valence-electron chi connectivity index (χ4n) is 3.19. The number of halogens is 3. The van der Waals surface area contributed by atoms with Crippen LogP contribution in [0.1, 0.15) is 23.8 Å². The number of aryl methyl sites for hydroxylation is 1. The zero-order valence-corrected chi connectivity index (χ0v) is 15.9. The first-order valence-electron chi connectivity index (χ1n) is 9.29. The maximum atomic E-state index is 12.9. The van der Waals surface area contributed by atoms with Crippen LogP contribution in [0, 0.1) is 0 Å². The minimum atomic E-state index is -4.47. The maximum absolute atomic E-state index is 12.9. The van der Waals surface area contributed by atoms with Crippen LogP contribution in [0.3, 0.4) is 0 Å². The van der Waals surface area contributed by atoms with Crippen molar-refractivity contribution in [1.82, 2.24) is 24.6 Å². The van der Waals surface area contributed by atoms with Gasteiger partial charge in [0, 0.05) is 43.9 Å². The molecule has 1 saturated heterocycles. The predicted molar refractivity (Wildman–Crippen MR) is 100.0 cm³/mol. The number of hydrogen-bond acceptors (Lipinski definition) is 6. The standard InChI is InChI=1S/C19H16F3N5O4/c20-19(21,22)13-3-1-2-11(8-13)16-24-17(31-25-16)12-9-27(10-12)15(29)5-7-26-6-4-14(28)23-18(26)30/h1-4,6,8,12H,5,7,9-10H2,(H,23,28,30). The van der Waals surface area contributed by atoms with E-state index in [2.05, 4.69) is 15.1 Å². The normalized spacial score (nSPS) is 14.5. The highest BCUT2D eigenvalue weighted by atomic mass is 19.4. The van der Waals surface area contributed by atoms with Crippen LogP contribution in [0.5, 0.6) is 0 Å². The zero-order valence-electron chi connectivity index (χ0n) is 15.9. The van der Waals surface area contributed by atoms with Crippen LogP contribution in [-0.2, 0) is 17.5 Å². The Morgan fingerprint density at radius 2 is 2.00 bits per heavy atom. The lowest BCUT2D eigenvalue weighted by molar-refractivity contribution is -0.137. The number of aromatic nitrogens is 4. The molecule has 1 amide bonds. The minimum absolute atomic E-state index is 0.0447. The number of rotatable bonds is 5. The van der Waals surface area contributed by atoms with Crippen LogP contribution in [0.15, 0.2) is 50.6 Å². The van der Waals surface area contributed by atoms with E-state index in [1.54, 1.807) is 4.90 Å². The van der Waals surface area contributed by atoms with Gasteiger partial charge in [-0.2, -0.15) is 18.2 Å². The molecule has 1 fully saturated rings. The number of likely N-dealkylation sites (tertiary alicyclic amines) is 1. The van der Waals surface area contributed by atoms with E-state index in [4.69, 9.17) is 4.52 Å². The molecule has 4 rings (SSSR count). The Hall–Kier alpha value is -3.70. The number of carbonyl (C=O) groups is 1. The summed E-state index contributed by atoms with van der Waals surface area (Å²) >= 11 is 0.